The summed E-state index contributed by atoms with van der Waals surface area (Å²) in [6, 6.07) is 2.69. The first-order valence-electron chi connectivity index (χ1n) is 7.00. The first-order chi connectivity index (χ1) is 10.7. The molecule has 2 atom stereocenters. The van der Waals surface area contributed by atoms with E-state index in [2.05, 4.69) is 22.6 Å². The molecule has 1 aromatic rings. The van der Waals surface area contributed by atoms with Crippen LogP contribution in [0.3, 0.4) is 0 Å². The lowest BCUT2D eigenvalue weighted by Gasteiger charge is -2.20. The number of primary amides is 1. The smallest absolute Gasteiger partial charge is 0.323 e. The molecular formula is C15H21IN2O5. The van der Waals surface area contributed by atoms with E-state index in [-0.39, 0.29) is 19.6 Å². The highest BCUT2D eigenvalue weighted by Crippen LogP contribution is 2.26. The van der Waals surface area contributed by atoms with Gasteiger partial charge in [-0.2, -0.15) is 0 Å². The summed E-state index contributed by atoms with van der Waals surface area (Å²) in [6.45, 7) is 4.26. The summed E-state index contributed by atoms with van der Waals surface area (Å²) in [5.74, 6) is -1.16. The van der Waals surface area contributed by atoms with Crippen LogP contribution in [0.5, 0.6) is 5.75 Å². The molecule has 0 fully saturated rings. The number of carbonyl (C=O) groups excluding carboxylic acids is 1. The molecule has 2 unspecified atom stereocenters. The van der Waals surface area contributed by atoms with Crippen LogP contribution >= 0.6 is 22.6 Å². The van der Waals surface area contributed by atoms with Gasteiger partial charge in [-0.3, -0.25) is 9.59 Å². The Morgan fingerprint density at radius 3 is 2.48 bits per heavy atom. The number of rotatable bonds is 9. The van der Waals surface area contributed by atoms with Gasteiger partial charge in [0.2, 0.25) is 5.91 Å². The van der Waals surface area contributed by atoms with Crippen LogP contribution in [-0.2, 0) is 14.3 Å². The summed E-state index contributed by atoms with van der Waals surface area (Å²) in [5.41, 5.74) is 12.7. The van der Waals surface area contributed by atoms with Crippen LogP contribution in [0.1, 0.15) is 17.5 Å². The number of carbonyl (C=O) groups is 2. The summed E-state index contributed by atoms with van der Waals surface area (Å²) in [7, 11) is 0. The van der Waals surface area contributed by atoms with Crippen LogP contribution in [0.25, 0.3) is 0 Å². The highest BCUT2D eigenvalue weighted by molar-refractivity contribution is 14.1. The molecule has 7 nitrogen and oxygen atoms in total. The van der Waals surface area contributed by atoms with Crippen molar-refractivity contribution < 1.29 is 24.2 Å². The summed E-state index contributed by atoms with van der Waals surface area (Å²) in [5, 5.41) is 8.91. The van der Waals surface area contributed by atoms with Gasteiger partial charge in [-0.05, 0) is 53.6 Å². The van der Waals surface area contributed by atoms with Crippen molar-refractivity contribution in [1.82, 2.24) is 0 Å². The van der Waals surface area contributed by atoms with Crippen LogP contribution in [0, 0.1) is 17.4 Å². The van der Waals surface area contributed by atoms with Gasteiger partial charge in [0.15, 0.2) is 0 Å². The molecule has 1 aromatic carbocycles. The van der Waals surface area contributed by atoms with E-state index in [4.69, 9.17) is 26.0 Å². The number of amides is 1. The Kier molecular flexibility index (Phi) is 7.73. The second kappa shape index (κ2) is 9.04. The number of nitrogens with two attached hydrogens (primary N) is 2. The van der Waals surface area contributed by atoms with E-state index < -0.39 is 24.0 Å². The second-order valence-corrected chi connectivity index (χ2v) is 6.35. The third-order valence-corrected chi connectivity index (χ3v) is 3.92. The van der Waals surface area contributed by atoms with Crippen molar-refractivity contribution in [2.24, 2.45) is 11.5 Å². The topological polar surface area (TPSA) is 125 Å². The predicted molar refractivity (Wildman–Crippen MR) is 93.3 cm³/mol. The van der Waals surface area contributed by atoms with Gasteiger partial charge < -0.3 is 26.0 Å². The molecule has 0 radical (unpaired) electrons. The zero-order valence-electron chi connectivity index (χ0n) is 13.0. The molecule has 0 aliphatic rings. The van der Waals surface area contributed by atoms with Crippen molar-refractivity contribution in [3.63, 3.8) is 0 Å². The van der Waals surface area contributed by atoms with Crippen molar-refractivity contribution >= 4 is 34.5 Å². The molecule has 0 bridgehead atoms. The Balaban J connectivity index is 2.57. The maximum atomic E-state index is 11.0. The maximum Gasteiger partial charge on any atom is 0.323 e. The molecule has 0 aliphatic carbocycles. The number of aryl methyl sites for hydroxylation is 2. The van der Waals surface area contributed by atoms with Crippen molar-refractivity contribution in [1.29, 1.82) is 0 Å². The Bertz CT molecular complexity index is 556. The van der Waals surface area contributed by atoms with Gasteiger partial charge in [0, 0.05) is 0 Å². The van der Waals surface area contributed by atoms with Gasteiger partial charge in [-0.25, -0.2) is 0 Å². The van der Waals surface area contributed by atoms with E-state index in [9.17, 15) is 9.59 Å². The minimum atomic E-state index is -1.32. The number of ether oxygens (including phenoxy) is 2. The van der Waals surface area contributed by atoms with E-state index in [1.165, 1.54) is 0 Å². The summed E-state index contributed by atoms with van der Waals surface area (Å²) < 4.78 is 12.0. The lowest BCUT2D eigenvalue weighted by atomic mass is 10.1. The summed E-state index contributed by atoms with van der Waals surface area (Å²) >= 11 is 2.19. The first kappa shape index (κ1) is 19.7. The molecule has 1 rings (SSSR count). The van der Waals surface area contributed by atoms with Gasteiger partial charge in [-0.1, -0.05) is 6.07 Å². The zero-order valence-corrected chi connectivity index (χ0v) is 15.2. The summed E-state index contributed by atoms with van der Waals surface area (Å²) in [4.78, 5) is 21.9. The van der Waals surface area contributed by atoms with Crippen LogP contribution in [0.4, 0.5) is 0 Å². The second-order valence-electron chi connectivity index (χ2n) is 5.18. The van der Waals surface area contributed by atoms with E-state index in [0.717, 1.165) is 20.4 Å². The highest BCUT2D eigenvalue weighted by atomic mass is 127. The molecular weight excluding hydrogens is 415 g/mol. The van der Waals surface area contributed by atoms with Crippen LogP contribution in [-0.4, -0.2) is 42.3 Å². The Morgan fingerprint density at radius 1 is 1.30 bits per heavy atom. The fourth-order valence-corrected chi connectivity index (χ4v) is 3.15. The van der Waals surface area contributed by atoms with Gasteiger partial charge in [0.25, 0.3) is 0 Å². The van der Waals surface area contributed by atoms with Gasteiger partial charge in [0.05, 0.1) is 22.7 Å². The standard InChI is InChI=1S/C15H21IN2O5/c1-8-5-9(2)14(10(16)6-8)23-4-3-22-11(7-12(17)19)13(18)15(20)21/h5-6,11,13H,3-4,7,18H2,1-2H3,(H2,17,19)(H,20,21). The number of carboxylic acids is 1. The monoisotopic (exact) mass is 436 g/mol. The molecule has 0 saturated carbocycles. The highest BCUT2D eigenvalue weighted by Gasteiger charge is 2.26. The largest absolute Gasteiger partial charge is 0.490 e. The predicted octanol–water partition coefficient (Wildman–Crippen LogP) is 0.959. The Morgan fingerprint density at radius 2 is 1.96 bits per heavy atom. The van der Waals surface area contributed by atoms with E-state index >= 15 is 0 Å². The van der Waals surface area contributed by atoms with Crippen molar-refractivity contribution in [2.75, 3.05) is 13.2 Å². The average Bonchev–Trinajstić information content (AvgIpc) is 2.42. The number of carboxylic acid groups (broad SMARTS) is 1. The lowest BCUT2D eigenvalue weighted by Crippen LogP contribution is -2.45. The molecule has 0 aromatic heterocycles. The lowest BCUT2D eigenvalue weighted by molar-refractivity contribution is -0.143. The third-order valence-electron chi connectivity index (χ3n) is 3.12. The van der Waals surface area contributed by atoms with Crippen LogP contribution in [0.15, 0.2) is 12.1 Å². The Hall–Kier alpha value is -1.39. The number of benzene rings is 1. The minimum absolute atomic E-state index is 0.0995. The Labute approximate surface area is 148 Å². The molecule has 128 valence electrons. The SMILES string of the molecule is Cc1cc(C)c(OCCOC(CC(N)=O)C(N)C(=O)O)c(I)c1. The number of hydrogen-bond acceptors (Lipinski definition) is 5. The van der Waals surface area contributed by atoms with Crippen molar-refractivity contribution in [3.8, 4) is 5.75 Å². The van der Waals surface area contributed by atoms with Crippen LogP contribution < -0.4 is 16.2 Å². The number of hydrogen-bond donors (Lipinski definition) is 3. The van der Waals surface area contributed by atoms with Crippen molar-refractivity contribution in [2.45, 2.75) is 32.4 Å². The summed E-state index contributed by atoms with van der Waals surface area (Å²) in [6.07, 6.45) is -1.24. The van der Waals surface area contributed by atoms with E-state index in [0.29, 0.717) is 0 Å². The van der Waals surface area contributed by atoms with Gasteiger partial charge in [-0.15, -0.1) is 0 Å². The molecule has 8 heteroatoms. The van der Waals surface area contributed by atoms with Gasteiger partial charge >= 0.3 is 5.97 Å². The fourth-order valence-electron chi connectivity index (χ4n) is 2.08. The molecule has 0 saturated heterocycles. The number of aliphatic carboxylic acids is 1. The molecule has 0 heterocycles. The molecule has 5 N–H and O–H groups in total. The minimum Gasteiger partial charge on any atom is -0.490 e. The van der Waals surface area contributed by atoms with Gasteiger partial charge in [0.1, 0.15) is 18.4 Å². The van der Waals surface area contributed by atoms with Crippen molar-refractivity contribution in [3.05, 3.63) is 26.8 Å². The zero-order chi connectivity index (χ0) is 17.6. The normalized spacial score (nSPS) is 13.4. The van der Waals surface area contributed by atoms with E-state index in [1.807, 2.05) is 26.0 Å². The first-order valence-corrected chi connectivity index (χ1v) is 8.08. The maximum absolute atomic E-state index is 11.0. The quantitative estimate of drug-likeness (QED) is 0.391. The fraction of sp³-hybridized carbons (Fsp3) is 0.467. The molecule has 1 amide bonds. The van der Waals surface area contributed by atoms with E-state index in [1.54, 1.807) is 0 Å². The molecule has 0 aliphatic heterocycles. The van der Waals surface area contributed by atoms with Crippen LogP contribution in [0.2, 0.25) is 0 Å². The molecule has 23 heavy (non-hydrogen) atoms. The molecule has 0 spiro atoms. The number of halogens is 1. The third kappa shape index (κ3) is 6.32. The average molecular weight is 436 g/mol.